The molecule has 1 unspecified atom stereocenters. The van der Waals surface area contributed by atoms with E-state index in [0.717, 1.165) is 32.4 Å². The summed E-state index contributed by atoms with van der Waals surface area (Å²) in [6.07, 6.45) is 4.54. The van der Waals surface area contributed by atoms with Gasteiger partial charge in [-0.2, -0.15) is 0 Å². The molecule has 0 aromatic rings. The molecule has 1 rings (SSSR count). The first-order valence-electron chi connectivity index (χ1n) is 4.47. The Morgan fingerprint density at radius 1 is 1.31 bits per heavy atom. The third kappa shape index (κ3) is 2.92. The smallest absolute Gasteiger partial charge is 0.323 e. The first kappa shape index (κ1) is 10.9. The standard InChI is InChI=1S/C8H16NO3P/c1-2-8(13(10,11)12)9-6-4-3-5-7-9/h2,8H,1,3-7H2,(H2,10,11,12). The van der Waals surface area contributed by atoms with Crippen molar-refractivity contribution in [2.24, 2.45) is 0 Å². The van der Waals surface area contributed by atoms with Gasteiger partial charge < -0.3 is 9.79 Å². The lowest BCUT2D eigenvalue weighted by atomic mass is 10.1. The Morgan fingerprint density at radius 3 is 2.23 bits per heavy atom. The van der Waals surface area contributed by atoms with Crippen LogP contribution in [0.4, 0.5) is 0 Å². The van der Waals surface area contributed by atoms with E-state index in [9.17, 15) is 4.57 Å². The lowest BCUT2D eigenvalue weighted by molar-refractivity contribution is 0.205. The summed E-state index contributed by atoms with van der Waals surface area (Å²) in [6, 6.07) is 0. The van der Waals surface area contributed by atoms with Crippen LogP contribution in [0, 0.1) is 0 Å². The van der Waals surface area contributed by atoms with Crippen LogP contribution in [0.5, 0.6) is 0 Å². The second kappa shape index (κ2) is 4.38. The number of nitrogens with zero attached hydrogens (tertiary/aromatic N) is 1. The average molecular weight is 205 g/mol. The summed E-state index contributed by atoms with van der Waals surface area (Å²) >= 11 is 0. The maximum atomic E-state index is 11.0. The van der Waals surface area contributed by atoms with Crippen molar-refractivity contribution in [3.05, 3.63) is 12.7 Å². The Labute approximate surface area is 78.4 Å². The molecule has 1 aliphatic heterocycles. The molecule has 0 amide bonds. The lowest BCUT2D eigenvalue weighted by Gasteiger charge is -2.32. The first-order valence-corrected chi connectivity index (χ1v) is 6.15. The molecule has 1 atom stereocenters. The summed E-state index contributed by atoms with van der Waals surface area (Å²) in [5.74, 6) is -0.784. The first-order chi connectivity index (χ1) is 6.05. The van der Waals surface area contributed by atoms with E-state index in [1.54, 1.807) is 0 Å². The summed E-state index contributed by atoms with van der Waals surface area (Å²) in [7, 11) is -4.04. The summed E-state index contributed by atoms with van der Waals surface area (Å²) in [5.41, 5.74) is 0. The molecule has 13 heavy (non-hydrogen) atoms. The summed E-state index contributed by atoms with van der Waals surface area (Å²) in [4.78, 5) is 19.9. The van der Waals surface area contributed by atoms with Gasteiger partial charge in [-0.05, 0) is 25.9 Å². The van der Waals surface area contributed by atoms with Gasteiger partial charge in [0.25, 0.3) is 0 Å². The van der Waals surface area contributed by atoms with Gasteiger partial charge in [0.05, 0.1) is 0 Å². The molecule has 5 heteroatoms. The van der Waals surface area contributed by atoms with Gasteiger partial charge in [0.15, 0.2) is 0 Å². The van der Waals surface area contributed by atoms with Crippen LogP contribution in [0.1, 0.15) is 19.3 Å². The largest absolute Gasteiger partial charge is 0.346 e. The van der Waals surface area contributed by atoms with E-state index in [0.29, 0.717) is 0 Å². The Hall–Kier alpha value is -0.150. The van der Waals surface area contributed by atoms with Crippen LogP contribution in [0.3, 0.4) is 0 Å². The van der Waals surface area contributed by atoms with E-state index in [1.165, 1.54) is 6.08 Å². The Balaban J connectivity index is 2.65. The maximum absolute atomic E-state index is 11.0. The summed E-state index contributed by atoms with van der Waals surface area (Å²) < 4.78 is 11.0. The van der Waals surface area contributed by atoms with Gasteiger partial charge in [0, 0.05) is 0 Å². The van der Waals surface area contributed by atoms with Crippen LogP contribution in [0.15, 0.2) is 12.7 Å². The molecule has 0 aromatic carbocycles. The third-order valence-corrected chi connectivity index (χ3v) is 3.55. The van der Waals surface area contributed by atoms with Crippen LogP contribution < -0.4 is 0 Å². The highest BCUT2D eigenvalue weighted by Gasteiger charge is 2.32. The van der Waals surface area contributed by atoms with E-state index in [1.807, 2.05) is 4.90 Å². The highest BCUT2D eigenvalue weighted by molar-refractivity contribution is 7.52. The quantitative estimate of drug-likeness (QED) is 0.536. The molecular formula is C8H16NO3P. The molecule has 4 nitrogen and oxygen atoms in total. The topological polar surface area (TPSA) is 60.8 Å². The van der Waals surface area contributed by atoms with Gasteiger partial charge in [-0.15, -0.1) is 6.58 Å². The summed E-state index contributed by atoms with van der Waals surface area (Å²) in [5, 5.41) is 0. The van der Waals surface area contributed by atoms with Crippen molar-refractivity contribution in [3.8, 4) is 0 Å². The van der Waals surface area contributed by atoms with Gasteiger partial charge in [-0.25, -0.2) is 0 Å². The molecule has 1 fully saturated rings. The molecule has 76 valence electrons. The van der Waals surface area contributed by atoms with Crippen LogP contribution in [-0.2, 0) is 4.57 Å². The van der Waals surface area contributed by atoms with E-state index >= 15 is 0 Å². The van der Waals surface area contributed by atoms with Gasteiger partial charge in [0.2, 0.25) is 0 Å². The Morgan fingerprint density at radius 2 is 1.85 bits per heavy atom. The molecule has 1 heterocycles. The zero-order valence-corrected chi connectivity index (χ0v) is 8.49. The molecule has 0 aromatic heterocycles. The third-order valence-electron chi connectivity index (χ3n) is 2.32. The van der Waals surface area contributed by atoms with E-state index in [-0.39, 0.29) is 0 Å². The zero-order chi connectivity index (χ0) is 9.90. The highest BCUT2D eigenvalue weighted by atomic mass is 31.2. The predicted octanol–water partition coefficient (Wildman–Crippen LogP) is 1.16. The fraction of sp³-hybridized carbons (Fsp3) is 0.750. The monoisotopic (exact) mass is 205 g/mol. The predicted molar refractivity (Wildman–Crippen MR) is 51.5 cm³/mol. The molecular weight excluding hydrogens is 189 g/mol. The van der Waals surface area contributed by atoms with Crippen LogP contribution >= 0.6 is 7.60 Å². The molecule has 0 aliphatic carbocycles. The van der Waals surface area contributed by atoms with Gasteiger partial charge in [0.1, 0.15) is 5.78 Å². The average Bonchev–Trinajstić information content (AvgIpc) is 2.05. The zero-order valence-electron chi connectivity index (χ0n) is 7.59. The van der Waals surface area contributed by atoms with Crippen molar-refractivity contribution < 1.29 is 14.4 Å². The van der Waals surface area contributed by atoms with E-state index in [4.69, 9.17) is 9.79 Å². The molecule has 0 bridgehead atoms. The van der Waals surface area contributed by atoms with Crippen molar-refractivity contribution in [3.63, 3.8) is 0 Å². The van der Waals surface area contributed by atoms with E-state index in [2.05, 4.69) is 6.58 Å². The normalized spacial score (nSPS) is 22.6. The maximum Gasteiger partial charge on any atom is 0.346 e. The van der Waals surface area contributed by atoms with Gasteiger partial charge in [-0.1, -0.05) is 12.5 Å². The molecule has 2 N–H and O–H groups in total. The molecule has 1 saturated heterocycles. The number of rotatable bonds is 3. The Kier molecular flexibility index (Phi) is 3.68. The minimum atomic E-state index is -4.04. The number of hydrogen-bond donors (Lipinski definition) is 2. The Bertz CT molecular complexity index is 219. The van der Waals surface area contributed by atoms with Crippen LogP contribution in [0.25, 0.3) is 0 Å². The van der Waals surface area contributed by atoms with Crippen molar-refractivity contribution in [1.29, 1.82) is 0 Å². The fourth-order valence-electron chi connectivity index (χ4n) is 1.68. The van der Waals surface area contributed by atoms with Crippen molar-refractivity contribution in [2.75, 3.05) is 13.1 Å². The fourth-order valence-corrected chi connectivity index (χ4v) is 2.61. The number of hydrogen-bond acceptors (Lipinski definition) is 2. The number of likely N-dealkylation sites (tertiary alicyclic amines) is 1. The van der Waals surface area contributed by atoms with Gasteiger partial charge in [-0.3, -0.25) is 9.46 Å². The molecule has 0 saturated carbocycles. The van der Waals surface area contributed by atoms with Gasteiger partial charge >= 0.3 is 7.60 Å². The minimum absolute atomic E-state index is 0.766. The SMILES string of the molecule is C=CC(N1CCCCC1)P(=O)(O)O. The van der Waals surface area contributed by atoms with Crippen molar-refractivity contribution in [2.45, 2.75) is 25.0 Å². The van der Waals surface area contributed by atoms with E-state index < -0.39 is 13.4 Å². The second-order valence-electron chi connectivity index (χ2n) is 3.34. The van der Waals surface area contributed by atoms with Crippen LogP contribution in [-0.4, -0.2) is 33.6 Å². The van der Waals surface area contributed by atoms with Crippen molar-refractivity contribution >= 4 is 7.60 Å². The molecule has 0 spiro atoms. The second-order valence-corrected chi connectivity index (χ2v) is 5.04. The molecule has 1 aliphatic rings. The van der Waals surface area contributed by atoms with Crippen LogP contribution in [0.2, 0.25) is 0 Å². The number of piperidine rings is 1. The minimum Gasteiger partial charge on any atom is -0.323 e. The molecule has 0 radical (unpaired) electrons. The van der Waals surface area contributed by atoms with Crippen molar-refractivity contribution in [1.82, 2.24) is 4.90 Å². The lowest BCUT2D eigenvalue weighted by Crippen LogP contribution is -2.37. The summed E-state index contributed by atoms with van der Waals surface area (Å²) in [6.45, 7) is 5.00. The highest BCUT2D eigenvalue weighted by Crippen LogP contribution is 2.44.